The number of benzene rings is 9. The third-order valence-corrected chi connectivity index (χ3v) is 12.4. The first-order chi connectivity index (χ1) is 28.3. The number of rotatable bonds is 4. The van der Waals surface area contributed by atoms with Crippen LogP contribution in [-0.2, 0) is 0 Å². The van der Waals surface area contributed by atoms with Gasteiger partial charge in [-0.05, 0) is 82.9 Å². The van der Waals surface area contributed by atoms with Crippen molar-refractivity contribution in [2.75, 3.05) is 0 Å². The molecular formula is C54H33N3. The van der Waals surface area contributed by atoms with Gasteiger partial charge in [0.1, 0.15) is 0 Å². The highest BCUT2D eigenvalue weighted by atomic mass is 15.0. The highest BCUT2D eigenvalue weighted by molar-refractivity contribution is 6.29. The van der Waals surface area contributed by atoms with Gasteiger partial charge in [0, 0.05) is 54.5 Å². The van der Waals surface area contributed by atoms with E-state index in [2.05, 4.69) is 214 Å². The van der Waals surface area contributed by atoms with Gasteiger partial charge in [0.15, 0.2) is 0 Å². The fourth-order valence-electron chi connectivity index (χ4n) is 9.94. The second kappa shape index (κ2) is 11.5. The summed E-state index contributed by atoms with van der Waals surface area (Å²) in [5.41, 5.74) is 15.8. The van der Waals surface area contributed by atoms with E-state index in [1.54, 1.807) is 0 Å². The van der Waals surface area contributed by atoms with E-state index in [1.165, 1.54) is 110 Å². The number of nitrogens with zero attached hydrogens (tertiary/aromatic N) is 3. The Bertz CT molecular complexity index is 3730. The molecule has 0 unspecified atom stereocenters. The van der Waals surface area contributed by atoms with E-state index in [1.807, 2.05) is 0 Å². The Morgan fingerprint density at radius 3 is 1.39 bits per heavy atom. The molecule has 57 heavy (non-hydrogen) atoms. The van der Waals surface area contributed by atoms with Crippen molar-refractivity contribution in [3.63, 3.8) is 0 Å². The molecule has 0 radical (unpaired) electrons. The molecule has 0 amide bonds. The molecule has 4 heterocycles. The van der Waals surface area contributed by atoms with Crippen molar-refractivity contribution < 1.29 is 0 Å². The van der Waals surface area contributed by atoms with Crippen LogP contribution in [0.2, 0.25) is 0 Å². The Labute approximate surface area is 327 Å². The minimum absolute atomic E-state index is 1.15. The van der Waals surface area contributed by atoms with Crippen LogP contribution in [0.3, 0.4) is 0 Å². The van der Waals surface area contributed by atoms with Crippen LogP contribution in [0, 0.1) is 0 Å². The van der Waals surface area contributed by atoms with Gasteiger partial charge in [-0.1, -0.05) is 140 Å². The van der Waals surface area contributed by atoms with Crippen LogP contribution in [0.15, 0.2) is 200 Å². The van der Waals surface area contributed by atoms with Gasteiger partial charge in [-0.2, -0.15) is 0 Å². The SMILES string of the molecule is c1ccc(-c2ccc(-c3cccc(-n4c5ccccc5c5c6c7ccccc7n(-c7ccc8c(c7)c7cccc9c%10ccccc%10n8c97)c6ccc54)c3)cc2)cc1. The van der Waals surface area contributed by atoms with Crippen LogP contribution in [0.5, 0.6) is 0 Å². The summed E-state index contributed by atoms with van der Waals surface area (Å²) in [4.78, 5) is 0. The Balaban J connectivity index is 1.03. The quantitative estimate of drug-likeness (QED) is 0.172. The zero-order valence-corrected chi connectivity index (χ0v) is 30.9. The lowest BCUT2D eigenvalue weighted by Gasteiger charge is -2.11. The van der Waals surface area contributed by atoms with Gasteiger partial charge < -0.3 is 13.5 Å². The van der Waals surface area contributed by atoms with E-state index in [-0.39, 0.29) is 0 Å². The molecule has 9 aromatic carbocycles. The summed E-state index contributed by atoms with van der Waals surface area (Å²) in [5.74, 6) is 0. The molecule has 3 heteroatoms. The zero-order chi connectivity index (χ0) is 37.2. The maximum absolute atomic E-state index is 2.47. The first-order valence-electron chi connectivity index (χ1n) is 19.7. The lowest BCUT2D eigenvalue weighted by Crippen LogP contribution is -1.95. The molecular weight excluding hydrogens is 691 g/mol. The molecule has 0 aliphatic carbocycles. The van der Waals surface area contributed by atoms with Crippen molar-refractivity contribution in [3.8, 4) is 33.6 Å². The Kier molecular flexibility index (Phi) is 6.16. The van der Waals surface area contributed by atoms with Gasteiger partial charge in [-0.15, -0.1) is 0 Å². The molecule has 0 fully saturated rings. The van der Waals surface area contributed by atoms with Crippen molar-refractivity contribution in [3.05, 3.63) is 200 Å². The lowest BCUT2D eigenvalue weighted by atomic mass is 10.00. The molecule has 0 spiro atoms. The van der Waals surface area contributed by atoms with Crippen molar-refractivity contribution in [2.45, 2.75) is 0 Å². The first-order valence-corrected chi connectivity index (χ1v) is 19.7. The summed E-state index contributed by atoms with van der Waals surface area (Å²) in [6.45, 7) is 0. The monoisotopic (exact) mass is 723 g/mol. The number of para-hydroxylation sites is 4. The topological polar surface area (TPSA) is 14.3 Å². The molecule has 0 bridgehead atoms. The molecule has 0 saturated heterocycles. The van der Waals surface area contributed by atoms with E-state index >= 15 is 0 Å². The van der Waals surface area contributed by atoms with Crippen LogP contribution in [0.25, 0.3) is 115 Å². The molecule has 0 aliphatic heterocycles. The largest absolute Gasteiger partial charge is 0.309 e. The number of fused-ring (bicyclic) bond motifs is 13. The Hall–Kier alpha value is -7.62. The third-order valence-electron chi connectivity index (χ3n) is 12.4. The van der Waals surface area contributed by atoms with Gasteiger partial charge >= 0.3 is 0 Å². The average Bonchev–Trinajstić information content (AvgIpc) is 4.01. The summed E-state index contributed by atoms with van der Waals surface area (Å²) in [6.07, 6.45) is 0. The van der Waals surface area contributed by atoms with Crippen LogP contribution >= 0.6 is 0 Å². The second-order valence-electron chi connectivity index (χ2n) is 15.3. The van der Waals surface area contributed by atoms with Gasteiger partial charge in [-0.3, -0.25) is 0 Å². The van der Waals surface area contributed by atoms with Crippen LogP contribution in [0.1, 0.15) is 0 Å². The van der Waals surface area contributed by atoms with Crippen molar-refractivity contribution in [1.82, 2.24) is 13.5 Å². The molecule has 4 aromatic heterocycles. The molecule has 0 N–H and O–H groups in total. The molecule has 13 aromatic rings. The predicted octanol–water partition coefficient (Wildman–Crippen LogP) is 14.4. The summed E-state index contributed by atoms with van der Waals surface area (Å²) >= 11 is 0. The fourth-order valence-corrected chi connectivity index (χ4v) is 9.94. The summed E-state index contributed by atoms with van der Waals surface area (Å²) in [7, 11) is 0. The van der Waals surface area contributed by atoms with Crippen molar-refractivity contribution in [2.24, 2.45) is 0 Å². The maximum Gasteiger partial charge on any atom is 0.0620 e. The zero-order valence-electron chi connectivity index (χ0n) is 30.9. The molecule has 264 valence electrons. The van der Waals surface area contributed by atoms with Crippen LogP contribution < -0.4 is 0 Å². The van der Waals surface area contributed by atoms with Crippen LogP contribution in [0.4, 0.5) is 0 Å². The van der Waals surface area contributed by atoms with E-state index in [9.17, 15) is 0 Å². The van der Waals surface area contributed by atoms with Gasteiger partial charge in [-0.25, -0.2) is 0 Å². The molecule has 0 aliphatic rings. The molecule has 13 rings (SSSR count). The minimum Gasteiger partial charge on any atom is -0.309 e. The van der Waals surface area contributed by atoms with Crippen LogP contribution in [-0.4, -0.2) is 13.5 Å². The standard InChI is InChI=1S/C54H33N3/c1-2-12-34(13-3-1)35-24-26-36(27-25-35)37-14-10-15-38(32-37)55-47-22-8-5-17-43(47)52-50(55)30-31-51-53(52)44-18-6-9-23-48(44)56(51)39-28-29-49-45(33-39)42-20-11-19-41-40-16-4-7-21-46(40)57(49)54(41)42/h1-33H. The maximum atomic E-state index is 2.47. The number of hydrogen-bond acceptors (Lipinski definition) is 0. The number of hydrogen-bond donors (Lipinski definition) is 0. The van der Waals surface area contributed by atoms with E-state index in [0.29, 0.717) is 0 Å². The van der Waals surface area contributed by atoms with E-state index in [4.69, 9.17) is 0 Å². The third kappa shape index (κ3) is 4.20. The normalized spacial score (nSPS) is 12.2. The van der Waals surface area contributed by atoms with E-state index < -0.39 is 0 Å². The molecule has 0 atom stereocenters. The predicted molar refractivity (Wildman–Crippen MR) is 241 cm³/mol. The Morgan fingerprint density at radius 2 is 0.702 bits per heavy atom. The molecule has 3 nitrogen and oxygen atoms in total. The lowest BCUT2D eigenvalue weighted by molar-refractivity contribution is 1.17. The first kappa shape index (κ1) is 30.7. The summed E-state index contributed by atoms with van der Waals surface area (Å²) in [6, 6.07) is 73.6. The summed E-state index contributed by atoms with van der Waals surface area (Å²) in [5, 5.41) is 10.3. The van der Waals surface area contributed by atoms with Crippen molar-refractivity contribution in [1.29, 1.82) is 0 Å². The van der Waals surface area contributed by atoms with E-state index in [0.717, 1.165) is 5.69 Å². The highest BCUT2D eigenvalue weighted by Gasteiger charge is 2.22. The molecule has 0 saturated carbocycles. The Morgan fingerprint density at radius 1 is 0.246 bits per heavy atom. The van der Waals surface area contributed by atoms with Gasteiger partial charge in [0.25, 0.3) is 0 Å². The summed E-state index contributed by atoms with van der Waals surface area (Å²) < 4.78 is 7.38. The minimum atomic E-state index is 1.15. The average molecular weight is 724 g/mol. The smallest absolute Gasteiger partial charge is 0.0620 e. The number of aromatic nitrogens is 3. The van der Waals surface area contributed by atoms with Crippen molar-refractivity contribution >= 4 is 81.7 Å². The highest BCUT2D eigenvalue weighted by Crippen LogP contribution is 2.44. The second-order valence-corrected chi connectivity index (χ2v) is 15.3. The fraction of sp³-hybridized carbons (Fsp3) is 0. The van der Waals surface area contributed by atoms with Gasteiger partial charge in [0.05, 0.1) is 38.6 Å². The van der Waals surface area contributed by atoms with Gasteiger partial charge in [0.2, 0.25) is 0 Å².